The van der Waals surface area contributed by atoms with Crippen molar-refractivity contribution in [3.63, 3.8) is 0 Å². The van der Waals surface area contributed by atoms with Gasteiger partial charge in [-0.2, -0.15) is 18.2 Å². The molecule has 5 nitrogen and oxygen atoms in total. The molecule has 0 aliphatic carbocycles. The Kier molecular flexibility index (Phi) is 4.71. The Morgan fingerprint density at radius 1 is 1.39 bits per heavy atom. The van der Waals surface area contributed by atoms with Crippen LogP contribution >= 0.6 is 0 Å². The van der Waals surface area contributed by atoms with E-state index in [1.54, 1.807) is 19.1 Å². The number of nitrogen functional groups attached to an aromatic ring is 1. The van der Waals surface area contributed by atoms with Crippen molar-refractivity contribution in [2.75, 3.05) is 37.9 Å². The largest absolute Gasteiger partial charge is 0.433 e. The molecule has 1 rings (SSSR count). The molecule has 1 heterocycles. The first-order valence-electron chi connectivity index (χ1n) is 5.26. The van der Waals surface area contributed by atoms with E-state index in [-0.39, 0.29) is 5.82 Å². The zero-order valence-electron chi connectivity index (χ0n) is 10.2. The van der Waals surface area contributed by atoms with E-state index in [2.05, 4.69) is 9.97 Å². The lowest BCUT2D eigenvalue weighted by molar-refractivity contribution is -0.141. The number of hydrogen-bond acceptors (Lipinski definition) is 5. The third kappa shape index (κ3) is 4.02. The summed E-state index contributed by atoms with van der Waals surface area (Å²) in [6.45, 7) is 1.04. The summed E-state index contributed by atoms with van der Waals surface area (Å²) in [4.78, 5) is 8.53. The van der Waals surface area contributed by atoms with Crippen molar-refractivity contribution in [3.05, 3.63) is 11.8 Å². The molecular weight excluding hydrogens is 249 g/mol. The van der Waals surface area contributed by atoms with E-state index in [0.29, 0.717) is 19.6 Å². The minimum atomic E-state index is -4.53. The fraction of sp³-hybridized carbons (Fsp3) is 0.600. The molecule has 0 unspecified atom stereocenters. The van der Waals surface area contributed by atoms with Crippen LogP contribution in [0.4, 0.5) is 24.9 Å². The summed E-state index contributed by atoms with van der Waals surface area (Å²) in [5.41, 5.74) is 4.24. The molecule has 0 aromatic carbocycles. The van der Waals surface area contributed by atoms with Gasteiger partial charge >= 0.3 is 6.18 Å². The molecule has 1 aromatic rings. The second-order valence-corrected chi connectivity index (χ2v) is 3.74. The highest BCUT2D eigenvalue weighted by Gasteiger charge is 2.33. The van der Waals surface area contributed by atoms with E-state index in [1.807, 2.05) is 0 Å². The SMILES string of the molecule is COCCCN(C)c1cc(C(F)(F)F)nc(N)n1. The van der Waals surface area contributed by atoms with E-state index < -0.39 is 17.8 Å². The predicted molar refractivity (Wildman–Crippen MR) is 61.2 cm³/mol. The number of alkyl halides is 3. The maximum atomic E-state index is 12.5. The maximum Gasteiger partial charge on any atom is 0.433 e. The summed E-state index contributed by atoms with van der Waals surface area (Å²) in [6.07, 6.45) is -3.85. The highest BCUT2D eigenvalue weighted by molar-refractivity contribution is 5.43. The summed E-state index contributed by atoms with van der Waals surface area (Å²) < 4.78 is 42.5. The van der Waals surface area contributed by atoms with Crippen molar-refractivity contribution in [2.45, 2.75) is 12.6 Å². The number of aromatic nitrogens is 2. The Hall–Kier alpha value is -1.57. The molecule has 0 saturated heterocycles. The monoisotopic (exact) mass is 264 g/mol. The smallest absolute Gasteiger partial charge is 0.385 e. The molecule has 2 N–H and O–H groups in total. The Morgan fingerprint density at radius 3 is 2.61 bits per heavy atom. The van der Waals surface area contributed by atoms with Gasteiger partial charge in [-0.15, -0.1) is 0 Å². The van der Waals surface area contributed by atoms with E-state index in [0.717, 1.165) is 6.07 Å². The molecule has 0 amide bonds. The van der Waals surface area contributed by atoms with Gasteiger partial charge < -0.3 is 15.4 Å². The number of methoxy groups -OCH3 is 1. The first-order chi connectivity index (χ1) is 8.34. The maximum absolute atomic E-state index is 12.5. The Bertz CT molecular complexity index is 397. The fourth-order valence-electron chi connectivity index (χ4n) is 1.35. The normalized spacial score (nSPS) is 11.6. The number of rotatable bonds is 5. The molecule has 0 spiro atoms. The summed E-state index contributed by atoms with van der Waals surface area (Å²) in [5.74, 6) is -0.246. The van der Waals surface area contributed by atoms with Crippen LogP contribution in [0.1, 0.15) is 12.1 Å². The lowest BCUT2D eigenvalue weighted by Gasteiger charge is -2.19. The molecule has 102 valence electrons. The molecule has 0 fully saturated rings. The molecule has 0 saturated carbocycles. The van der Waals surface area contributed by atoms with Gasteiger partial charge in [-0.3, -0.25) is 0 Å². The Labute approximate surface area is 103 Å². The first kappa shape index (κ1) is 14.5. The quantitative estimate of drug-likeness (QED) is 0.817. The zero-order chi connectivity index (χ0) is 13.8. The van der Waals surface area contributed by atoms with Gasteiger partial charge in [0, 0.05) is 33.4 Å². The van der Waals surface area contributed by atoms with E-state index >= 15 is 0 Å². The number of ether oxygens (including phenoxy) is 1. The summed E-state index contributed by atoms with van der Waals surface area (Å²) in [5, 5.41) is 0. The third-order valence-corrected chi connectivity index (χ3v) is 2.25. The average molecular weight is 264 g/mol. The van der Waals surface area contributed by atoms with Crippen molar-refractivity contribution in [1.82, 2.24) is 9.97 Å². The highest BCUT2D eigenvalue weighted by atomic mass is 19.4. The minimum absolute atomic E-state index is 0.144. The summed E-state index contributed by atoms with van der Waals surface area (Å²) in [7, 11) is 3.20. The van der Waals surface area contributed by atoms with Crippen LogP contribution in [0, 0.1) is 0 Å². The third-order valence-electron chi connectivity index (χ3n) is 2.25. The zero-order valence-corrected chi connectivity index (χ0v) is 10.2. The van der Waals surface area contributed by atoms with Gasteiger partial charge in [0.15, 0.2) is 5.69 Å². The topological polar surface area (TPSA) is 64.3 Å². The predicted octanol–water partition coefficient (Wildman–Crippen LogP) is 1.55. The Balaban J connectivity index is 2.85. The highest BCUT2D eigenvalue weighted by Crippen LogP contribution is 2.29. The van der Waals surface area contributed by atoms with E-state index in [1.165, 1.54) is 0 Å². The number of halogens is 3. The molecule has 1 aromatic heterocycles. The van der Waals surface area contributed by atoms with Gasteiger partial charge in [0.25, 0.3) is 0 Å². The van der Waals surface area contributed by atoms with Gasteiger partial charge in [-0.05, 0) is 6.42 Å². The molecule has 0 radical (unpaired) electrons. The summed E-state index contributed by atoms with van der Waals surface area (Å²) >= 11 is 0. The van der Waals surface area contributed by atoms with Crippen molar-refractivity contribution in [1.29, 1.82) is 0 Å². The minimum Gasteiger partial charge on any atom is -0.385 e. The molecule has 8 heteroatoms. The standard InChI is InChI=1S/C10H15F3N4O/c1-17(4-3-5-18-2)8-6-7(10(11,12)13)15-9(14)16-8/h6H,3-5H2,1-2H3,(H2,14,15,16). The fourth-order valence-corrected chi connectivity index (χ4v) is 1.35. The molecule has 0 aliphatic heterocycles. The molecular formula is C10H15F3N4O. The molecule has 0 bridgehead atoms. The van der Waals surface area contributed by atoms with Gasteiger partial charge in [0.1, 0.15) is 5.82 Å². The average Bonchev–Trinajstić information content (AvgIpc) is 2.27. The van der Waals surface area contributed by atoms with Crippen LogP contribution in [0.3, 0.4) is 0 Å². The van der Waals surface area contributed by atoms with Crippen molar-refractivity contribution >= 4 is 11.8 Å². The molecule has 18 heavy (non-hydrogen) atoms. The van der Waals surface area contributed by atoms with E-state index in [4.69, 9.17) is 10.5 Å². The van der Waals surface area contributed by atoms with Crippen LogP contribution < -0.4 is 10.6 Å². The van der Waals surface area contributed by atoms with E-state index in [9.17, 15) is 13.2 Å². The van der Waals surface area contributed by atoms with Crippen LogP contribution in [-0.2, 0) is 10.9 Å². The number of anilines is 2. The van der Waals surface area contributed by atoms with Crippen LogP contribution in [0.2, 0.25) is 0 Å². The first-order valence-corrected chi connectivity index (χ1v) is 5.26. The molecule has 0 aliphatic rings. The van der Waals surface area contributed by atoms with Crippen LogP contribution in [0.5, 0.6) is 0 Å². The Morgan fingerprint density at radius 2 is 2.06 bits per heavy atom. The van der Waals surface area contributed by atoms with Crippen molar-refractivity contribution in [3.8, 4) is 0 Å². The lowest BCUT2D eigenvalue weighted by atomic mass is 10.3. The summed E-state index contributed by atoms with van der Waals surface area (Å²) in [6, 6.07) is 0.878. The number of nitrogens with two attached hydrogens (primary N) is 1. The van der Waals surface area contributed by atoms with Gasteiger partial charge in [-0.25, -0.2) is 4.98 Å². The molecule has 0 atom stereocenters. The number of hydrogen-bond donors (Lipinski definition) is 1. The van der Waals surface area contributed by atoms with Gasteiger partial charge in [-0.1, -0.05) is 0 Å². The van der Waals surface area contributed by atoms with Crippen molar-refractivity contribution in [2.24, 2.45) is 0 Å². The van der Waals surface area contributed by atoms with Crippen molar-refractivity contribution < 1.29 is 17.9 Å². The second-order valence-electron chi connectivity index (χ2n) is 3.74. The van der Waals surface area contributed by atoms with Gasteiger partial charge in [0.05, 0.1) is 0 Å². The number of nitrogens with zero attached hydrogens (tertiary/aromatic N) is 3. The van der Waals surface area contributed by atoms with Crippen LogP contribution in [0.25, 0.3) is 0 Å². The van der Waals surface area contributed by atoms with Crippen LogP contribution in [0.15, 0.2) is 6.07 Å². The lowest BCUT2D eigenvalue weighted by Crippen LogP contribution is -2.23. The second kappa shape index (κ2) is 5.85. The van der Waals surface area contributed by atoms with Gasteiger partial charge in [0.2, 0.25) is 5.95 Å². The van der Waals surface area contributed by atoms with Crippen LogP contribution in [-0.4, -0.2) is 37.3 Å².